The van der Waals surface area contributed by atoms with Gasteiger partial charge < -0.3 is 5.32 Å². The molecular weight excluding hydrogens is 306 g/mol. The maximum Gasteiger partial charge on any atom is 0.128 e. The van der Waals surface area contributed by atoms with Crippen molar-refractivity contribution < 1.29 is 0 Å². The molecule has 0 amide bonds. The van der Waals surface area contributed by atoms with Crippen molar-refractivity contribution >= 4 is 11.3 Å². The number of benzene rings is 1. The Morgan fingerprint density at radius 1 is 1.36 bits per heavy atom. The lowest BCUT2D eigenvalue weighted by atomic mass is 9.92. The van der Waals surface area contributed by atoms with Gasteiger partial charge in [-0.2, -0.15) is 0 Å². The number of hydrogen-bond donors (Lipinski definition) is 1. The van der Waals surface area contributed by atoms with Crippen LogP contribution < -0.4 is 5.32 Å². The molecule has 0 bridgehead atoms. The number of aromatic nitrogens is 2. The van der Waals surface area contributed by atoms with Crippen LogP contribution in [0.2, 0.25) is 0 Å². The molecule has 130 valence electrons. The molecule has 0 saturated heterocycles. The third-order valence-corrected chi connectivity index (χ3v) is 4.78. The number of fused-ring (bicyclic) bond motifs is 1. The van der Waals surface area contributed by atoms with Crippen molar-refractivity contribution in [3.05, 3.63) is 70.8 Å². The zero-order chi connectivity index (χ0) is 17.8. The average molecular weight is 333 g/mol. The van der Waals surface area contributed by atoms with E-state index in [1.807, 2.05) is 6.20 Å². The van der Waals surface area contributed by atoms with Crippen molar-refractivity contribution in [2.45, 2.75) is 46.5 Å². The van der Waals surface area contributed by atoms with Gasteiger partial charge in [0.05, 0.1) is 0 Å². The third kappa shape index (κ3) is 3.65. The minimum atomic E-state index is 0.931. The molecule has 2 aromatic rings. The molecule has 0 unspecified atom stereocenters. The summed E-state index contributed by atoms with van der Waals surface area (Å²) >= 11 is 0. The van der Waals surface area contributed by atoms with E-state index in [9.17, 15) is 0 Å². The van der Waals surface area contributed by atoms with Crippen LogP contribution in [0.25, 0.3) is 11.3 Å². The van der Waals surface area contributed by atoms with E-state index in [1.54, 1.807) is 0 Å². The van der Waals surface area contributed by atoms with Crippen molar-refractivity contribution in [3.63, 3.8) is 0 Å². The number of nitrogens with zero attached hydrogens (tertiary/aromatic N) is 2. The Bertz CT molecular complexity index is 818. The lowest BCUT2D eigenvalue weighted by Crippen LogP contribution is -2.10. The molecule has 0 radical (unpaired) electrons. The van der Waals surface area contributed by atoms with Gasteiger partial charge in [-0.05, 0) is 49.8 Å². The van der Waals surface area contributed by atoms with Gasteiger partial charge in [0, 0.05) is 41.7 Å². The van der Waals surface area contributed by atoms with E-state index in [4.69, 9.17) is 4.98 Å². The molecule has 0 aliphatic carbocycles. The first-order valence-corrected chi connectivity index (χ1v) is 9.19. The fraction of sp³-hybridized carbons (Fsp3) is 0.364. The van der Waals surface area contributed by atoms with Crippen molar-refractivity contribution in [1.29, 1.82) is 0 Å². The molecule has 25 heavy (non-hydrogen) atoms. The molecule has 3 heteroatoms. The normalized spacial score (nSPS) is 14.7. The van der Waals surface area contributed by atoms with Gasteiger partial charge in [0.25, 0.3) is 0 Å². The van der Waals surface area contributed by atoms with Crippen molar-refractivity contribution in [1.82, 2.24) is 15.3 Å². The summed E-state index contributed by atoms with van der Waals surface area (Å²) in [6.45, 7) is 11.5. The van der Waals surface area contributed by atoms with Crippen LogP contribution in [-0.4, -0.2) is 16.5 Å². The summed E-state index contributed by atoms with van der Waals surface area (Å²) in [7, 11) is 0. The first-order chi connectivity index (χ1) is 12.1. The summed E-state index contributed by atoms with van der Waals surface area (Å²) in [4.78, 5) is 9.26. The van der Waals surface area contributed by atoms with Crippen LogP contribution in [0, 0.1) is 6.92 Å². The van der Waals surface area contributed by atoms with Crippen LogP contribution >= 0.6 is 0 Å². The summed E-state index contributed by atoms with van der Waals surface area (Å²) in [5.41, 5.74) is 8.23. The van der Waals surface area contributed by atoms with Gasteiger partial charge in [0.2, 0.25) is 0 Å². The van der Waals surface area contributed by atoms with Crippen LogP contribution in [0.5, 0.6) is 0 Å². The summed E-state index contributed by atoms with van der Waals surface area (Å²) in [6, 6.07) is 6.68. The van der Waals surface area contributed by atoms with Crippen molar-refractivity contribution in [3.8, 4) is 0 Å². The second kappa shape index (κ2) is 7.64. The Balaban J connectivity index is 2.00. The van der Waals surface area contributed by atoms with E-state index in [0.717, 1.165) is 55.0 Å². The zero-order valence-corrected chi connectivity index (χ0v) is 15.5. The van der Waals surface area contributed by atoms with Crippen LogP contribution in [0.15, 0.2) is 37.1 Å². The molecule has 3 nitrogen and oxygen atoms in total. The van der Waals surface area contributed by atoms with Gasteiger partial charge in [-0.25, -0.2) is 9.97 Å². The number of hydrogen-bond acceptors (Lipinski definition) is 3. The number of aryl methyl sites for hydroxylation is 3. The summed E-state index contributed by atoms with van der Waals surface area (Å²) < 4.78 is 0. The fourth-order valence-corrected chi connectivity index (χ4v) is 3.48. The first-order valence-electron chi connectivity index (χ1n) is 9.19. The minimum Gasteiger partial charge on any atom is -0.385 e. The first kappa shape index (κ1) is 17.4. The van der Waals surface area contributed by atoms with Gasteiger partial charge in [0.1, 0.15) is 5.82 Å². The van der Waals surface area contributed by atoms with Gasteiger partial charge in [0.15, 0.2) is 0 Å². The molecule has 0 spiro atoms. The fourth-order valence-electron chi connectivity index (χ4n) is 3.48. The second-order valence-electron chi connectivity index (χ2n) is 6.62. The predicted octanol–water partition coefficient (Wildman–Crippen LogP) is 4.70. The smallest absolute Gasteiger partial charge is 0.128 e. The van der Waals surface area contributed by atoms with Gasteiger partial charge in [-0.3, -0.25) is 0 Å². The van der Waals surface area contributed by atoms with Crippen molar-refractivity contribution in [2.24, 2.45) is 0 Å². The highest BCUT2D eigenvalue weighted by Crippen LogP contribution is 2.29. The minimum absolute atomic E-state index is 0.931. The monoisotopic (exact) mass is 333 g/mol. The maximum atomic E-state index is 4.70. The maximum absolute atomic E-state index is 4.70. The van der Waals surface area contributed by atoms with E-state index < -0.39 is 0 Å². The van der Waals surface area contributed by atoms with E-state index in [-0.39, 0.29) is 0 Å². The number of rotatable bonds is 4. The Morgan fingerprint density at radius 2 is 2.20 bits per heavy atom. The van der Waals surface area contributed by atoms with E-state index in [2.05, 4.69) is 61.9 Å². The predicted molar refractivity (Wildman–Crippen MR) is 105 cm³/mol. The lowest BCUT2D eigenvalue weighted by molar-refractivity contribution is 0.783. The standard InChI is InChI=1S/C22H27N3/c1-5-8-22-24-14-21(16(4)25-22)19(6-2)18-10-11-20-15(3)23-12-7-9-17(20)13-18/h6,10-11,13-14,23H,3,5,7-9,12H2,1-2,4H3/b19-6-. The lowest BCUT2D eigenvalue weighted by Gasteiger charge is -2.14. The zero-order valence-electron chi connectivity index (χ0n) is 15.5. The molecule has 0 atom stereocenters. The highest BCUT2D eigenvalue weighted by Gasteiger charge is 2.15. The highest BCUT2D eigenvalue weighted by molar-refractivity contribution is 5.81. The van der Waals surface area contributed by atoms with Crippen LogP contribution in [0.1, 0.15) is 60.5 Å². The Hall–Kier alpha value is -2.42. The second-order valence-corrected chi connectivity index (χ2v) is 6.62. The van der Waals surface area contributed by atoms with Crippen LogP contribution in [-0.2, 0) is 12.8 Å². The Kier molecular flexibility index (Phi) is 5.32. The topological polar surface area (TPSA) is 37.8 Å². The summed E-state index contributed by atoms with van der Waals surface area (Å²) in [6.07, 6.45) is 8.36. The Morgan fingerprint density at radius 3 is 2.92 bits per heavy atom. The SMILES string of the molecule is C=C1NCCCc2cc(/C(=C/C)c3cnc(CCC)nc3C)ccc21. The molecule has 1 aliphatic heterocycles. The van der Waals surface area contributed by atoms with E-state index >= 15 is 0 Å². The van der Waals surface area contributed by atoms with Crippen molar-refractivity contribution in [2.75, 3.05) is 6.54 Å². The van der Waals surface area contributed by atoms with Crippen LogP contribution in [0.4, 0.5) is 0 Å². The molecule has 1 aliphatic rings. The van der Waals surface area contributed by atoms with Crippen LogP contribution in [0.3, 0.4) is 0 Å². The molecule has 1 aromatic carbocycles. The molecule has 2 heterocycles. The molecule has 0 saturated carbocycles. The van der Waals surface area contributed by atoms with Gasteiger partial charge in [-0.15, -0.1) is 0 Å². The average Bonchev–Trinajstić information content (AvgIpc) is 2.79. The molecule has 3 rings (SSSR count). The van der Waals surface area contributed by atoms with E-state index in [0.29, 0.717) is 0 Å². The third-order valence-electron chi connectivity index (χ3n) is 4.78. The quantitative estimate of drug-likeness (QED) is 0.881. The number of allylic oxidation sites excluding steroid dienone is 1. The molecule has 1 aromatic heterocycles. The molecule has 0 fully saturated rings. The molecule has 1 N–H and O–H groups in total. The van der Waals surface area contributed by atoms with E-state index in [1.165, 1.54) is 22.3 Å². The summed E-state index contributed by atoms with van der Waals surface area (Å²) in [5, 5.41) is 3.39. The van der Waals surface area contributed by atoms with Gasteiger partial charge in [-0.1, -0.05) is 37.8 Å². The Labute approximate surface area is 150 Å². The highest BCUT2D eigenvalue weighted by atomic mass is 14.9. The number of nitrogens with one attached hydrogen (secondary N) is 1. The van der Waals surface area contributed by atoms with Gasteiger partial charge >= 0.3 is 0 Å². The largest absolute Gasteiger partial charge is 0.385 e. The molecular formula is C22H27N3. The summed E-state index contributed by atoms with van der Waals surface area (Å²) in [5.74, 6) is 0.934.